The number of hydrogen-bond acceptors (Lipinski definition) is 2. The van der Waals surface area contributed by atoms with E-state index in [4.69, 9.17) is 17.3 Å². The second kappa shape index (κ2) is 4.41. The van der Waals surface area contributed by atoms with E-state index < -0.39 is 0 Å². The quantitative estimate of drug-likeness (QED) is 0.779. The Morgan fingerprint density at radius 3 is 2.56 bits per heavy atom. The van der Waals surface area contributed by atoms with Crippen molar-refractivity contribution < 1.29 is 4.39 Å². The highest BCUT2D eigenvalue weighted by atomic mass is 35.5. The summed E-state index contributed by atoms with van der Waals surface area (Å²) in [4.78, 5) is 0. The van der Waals surface area contributed by atoms with Crippen molar-refractivity contribution in [1.82, 2.24) is 0 Å². The third-order valence-electron chi connectivity index (χ3n) is 2.16. The monoisotopic (exact) mass is 236 g/mol. The Kier molecular flexibility index (Phi) is 2.97. The smallest absolute Gasteiger partial charge is 0.125 e. The molecule has 0 aliphatic carbocycles. The van der Waals surface area contributed by atoms with Gasteiger partial charge in [0.2, 0.25) is 0 Å². The molecule has 2 aromatic carbocycles. The van der Waals surface area contributed by atoms with E-state index >= 15 is 0 Å². The summed E-state index contributed by atoms with van der Waals surface area (Å²) in [7, 11) is 0. The van der Waals surface area contributed by atoms with Gasteiger partial charge in [0, 0.05) is 0 Å². The molecule has 2 aromatic rings. The zero-order valence-electron chi connectivity index (χ0n) is 8.37. The molecule has 0 spiro atoms. The van der Waals surface area contributed by atoms with E-state index in [2.05, 4.69) is 5.32 Å². The van der Waals surface area contributed by atoms with Crippen molar-refractivity contribution in [3.8, 4) is 0 Å². The van der Waals surface area contributed by atoms with E-state index in [-0.39, 0.29) is 5.82 Å². The molecule has 2 rings (SSSR count). The molecule has 0 bridgehead atoms. The van der Waals surface area contributed by atoms with Crippen molar-refractivity contribution in [3.05, 3.63) is 53.3 Å². The van der Waals surface area contributed by atoms with Crippen LogP contribution in [0, 0.1) is 5.82 Å². The van der Waals surface area contributed by atoms with Crippen LogP contribution in [-0.4, -0.2) is 0 Å². The molecule has 0 aromatic heterocycles. The van der Waals surface area contributed by atoms with E-state index in [9.17, 15) is 4.39 Å². The number of nitrogens with two attached hydrogens (primary N) is 1. The third-order valence-corrected chi connectivity index (χ3v) is 2.49. The fourth-order valence-corrected chi connectivity index (χ4v) is 1.53. The maximum Gasteiger partial charge on any atom is 0.125 e. The molecule has 82 valence electrons. The van der Waals surface area contributed by atoms with Crippen LogP contribution in [0.15, 0.2) is 42.5 Å². The summed E-state index contributed by atoms with van der Waals surface area (Å²) in [6.45, 7) is 0. The van der Waals surface area contributed by atoms with Crippen LogP contribution >= 0.6 is 11.6 Å². The molecule has 3 N–H and O–H groups in total. The van der Waals surface area contributed by atoms with Crippen molar-refractivity contribution in [2.75, 3.05) is 11.1 Å². The van der Waals surface area contributed by atoms with Crippen molar-refractivity contribution in [3.63, 3.8) is 0 Å². The lowest BCUT2D eigenvalue weighted by Gasteiger charge is -2.10. The highest BCUT2D eigenvalue weighted by Gasteiger charge is 2.03. The van der Waals surface area contributed by atoms with Gasteiger partial charge in [-0.05, 0) is 30.3 Å². The third kappa shape index (κ3) is 2.25. The van der Waals surface area contributed by atoms with Gasteiger partial charge in [0.15, 0.2) is 0 Å². The second-order valence-electron chi connectivity index (χ2n) is 3.34. The Morgan fingerprint density at radius 1 is 1.06 bits per heavy atom. The molecular weight excluding hydrogens is 227 g/mol. The van der Waals surface area contributed by atoms with Gasteiger partial charge in [0.05, 0.1) is 22.1 Å². The summed E-state index contributed by atoms with van der Waals surface area (Å²) in [6, 6.07) is 11.4. The first-order valence-electron chi connectivity index (χ1n) is 4.73. The maximum atomic E-state index is 13.0. The number of anilines is 3. The summed E-state index contributed by atoms with van der Waals surface area (Å²) in [5.41, 5.74) is 7.39. The van der Waals surface area contributed by atoms with E-state index in [1.54, 1.807) is 12.1 Å². The molecule has 0 atom stereocenters. The molecule has 0 saturated heterocycles. The van der Waals surface area contributed by atoms with Crippen LogP contribution in [0.25, 0.3) is 0 Å². The fourth-order valence-electron chi connectivity index (χ4n) is 1.34. The minimum atomic E-state index is -0.344. The summed E-state index contributed by atoms with van der Waals surface area (Å²) in [5, 5.41) is 3.55. The molecule has 0 saturated carbocycles. The highest BCUT2D eigenvalue weighted by molar-refractivity contribution is 6.33. The highest BCUT2D eigenvalue weighted by Crippen LogP contribution is 2.28. The maximum absolute atomic E-state index is 13.0. The van der Waals surface area contributed by atoms with Crippen molar-refractivity contribution in [2.24, 2.45) is 0 Å². The van der Waals surface area contributed by atoms with Gasteiger partial charge >= 0.3 is 0 Å². The molecule has 0 amide bonds. The molecule has 16 heavy (non-hydrogen) atoms. The van der Waals surface area contributed by atoms with Crippen LogP contribution in [0.1, 0.15) is 0 Å². The standard InChI is InChI=1S/C12H10ClFN2/c13-9-3-1-2-4-11(9)16-12-7-8(14)5-6-10(12)15/h1-7,16H,15H2. The fraction of sp³-hybridized carbons (Fsp3) is 0. The minimum absolute atomic E-state index is 0.344. The normalized spacial score (nSPS) is 10.1. The molecule has 0 unspecified atom stereocenters. The summed E-state index contributed by atoms with van der Waals surface area (Å²) < 4.78 is 13.0. The molecule has 0 aliphatic rings. The molecule has 0 radical (unpaired) electrons. The van der Waals surface area contributed by atoms with Gasteiger partial charge in [-0.2, -0.15) is 0 Å². The predicted molar refractivity (Wildman–Crippen MR) is 65.5 cm³/mol. The molecule has 2 nitrogen and oxygen atoms in total. The molecule has 0 aliphatic heterocycles. The second-order valence-corrected chi connectivity index (χ2v) is 3.74. The lowest BCUT2D eigenvalue weighted by atomic mass is 10.2. The van der Waals surface area contributed by atoms with Gasteiger partial charge in [-0.25, -0.2) is 4.39 Å². The van der Waals surface area contributed by atoms with Crippen LogP contribution in [0.5, 0.6) is 0 Å². The van der Waals surface area contributed by atoms with Crippen molar-refractivity contribution in [1.29, 1.82) is 0 Å². The Hall–Kier alpha value is -1.74. The zero-order valence-corrected chi connectivity index (χ0v) is 9.13. The van der Waals surface area contributed by atoms with Crippen molar-refractivity contribution >= 4 is 28.7 Å². The molecule has 0 heterocycles. The average Bonchev–Trinajstić information content (AvgIpc) is 2.27. The molecule has 4 heteroatoms. The summed E-state index contributed by atoms with van der Waals surface area (Å²) in [6.07, 6.45) is 0. The van der Waals surface area contributed by atoms with Gasteiger partial charge in [0.1, 0.15) is 5.82 Å². The van der Waals surface area contributed by atoms with Crippen LogP contribution in [0.3, 0.4) is 0 Å². The van der Waals surface area contributed by atoms with Gasteiger partial charge in [-0.1, -0.05) is 23.7 Å². The van der Waals surface area contributed by atoms with Crippen molar-refractivity contribution in [2.45, 2.75) is 0 Å². The lowest BCUT2D eigenvalue weighted by Crippen LogP contribution is -1.97. The number of nitrogens with one attached hydrogen (secondary N) is 1. The Balaban J connectivity index is 2.34. The Morgan fingerprint density at radius 2 is 1.81 bits per heavy atom. The SMILES string of the molecule is Nc1ccc(F)cc1Nc1ccccc1Cl. The number of halogens is 2. The zero-order chi connectivity index (χ0) is 11.5. The van der Waals surface area contributed by atoms with Crippen LogP contribution in [0.2, 0.25) is 5.02 Å². The van der Waals surface area contributed by atoms with Gasteiger partial charge in [0.25, 0.3) is 0 Å². The van der Waals surface area contributed by atoms with Crippen LogP contribution in [-0.2, 0) is 0 Å². The van der Waals surface area contributed by atoms with E-state index in [1.807, 2.05) is 12.1 Å². The van der Waals surface area contributed by atoms with Gasteiger partial charge in [-0.15, -0.1) is 0 Å². The van der Waals surface area contributed by atoms with E-state index in [0.717, 1.165) is 0 Å². The Labute approximate surface area is 97.8 Å². The topological polar surface area (TPSA) is 38.0 Å². The summed E-state index contributed by atoms with van der Waals surface area (Å²) in [5.74, 6) is -0.344. The van der Waals surface area contributed by atoms with Gasteiger partial charge < -0.3 is 11.1 Å². The number of hydrogen-bond donors (Lipinski definition) is 2. The number of rotatable bonds is 2. The first-order valence-corrected chi connectivity index (χ1v) is 5.11. The minimum Gasteiger partial charge on any atom is -0.397 e. The molecule has 0 fully saturated rings. The molecular formula is C12H10ClFN2. The van der Waals surface area contributed by atoms with E-state index in [1.165, 1.54) is 18.2 Å². The predicted octanol–water partition coefficient (Wildman–Crippen LogP) is 3.80. The lowest BCUT2D eigenvalue weighted by molar-refractivity contribution is 0.628. The van der Waals surface area contributed by atoms with Crippen LogP contribution in [0.4, 0.5) is 21.5 Å². The number of benzene rings is 2. The first kappa shape index (κ1) is 10.8. The van der Waals surface area contributed by atoms with Crippen LogP contribution < -0.4 is 11.1 Å². The first-order chi connectivity index (χ1) is 7.66. The number of nitrogen functional groups attached to an aromatic ring is 1. The van der Waals surface area contributed by atoms with Gasteiger partial charge in [-0.3, -0.25) is 0 Å². The Bertz CT molecular complexity index is 514. The average molecular weight is 237 g/mol. The number of para-hydroxylation sites is 1. The van der Waals surface area contributed by atoms with E-state index in [0.29, 0.717) is 22.1 Å². The largest absolute Gasteiger partial charge is 0.397 e. The summed E-state index contributed by atoms with van der Waals surface area (Å²) >= 11 is 5.97.